The van der Waals surface area contributed by atoms with Crippen molar-refractivity contribution >= 4 is 48.2 Å². The molecule has 1 aliphatic heterocycles. The Labute approximate surface area is 348 Å². The van der Waals surface area contributed by atoms with E-state index >= 15 is 0 Å². The number of aliphatic hydroxyl groups excluding tert-OH is 2. The number of hydrogen-bond acceptors (Lipinski definition) is 13. The number of ether oxygens (including phenoxy) is 7. The van der Waals surface area contributed by atoms with E-state index in [9.17, 15) is 29.4 Å². The van der Waals surface area contributed by atoms with Crippen molar-refractivity contribution in [2.24, 2.45) is 0 Å². The third kappa shape index (κ3) is 19.4. The zero-order chi connectivity index (χ0) is 43.5. The summed E-state index contributed by atoms with van der Waals surface area (Å²) in [7, 11) is 4.56. The van der Waals surface area contributed by atoms with Gasteiger partial charge in [-0.1, -0.05) is 78.9 Å². The van der Waals surface area contributed by atoms with E-state index in [0.29, 0.717) is 41.6 Å². The molecule has 0 bridgehead atoms. The molecule has 0 spiro atoms. The molecule has 1 saturated heterocycles. The Bertz CT molecular complexity index is 2070. The number of aliphatic carboxylic acids is 1. The topological polar surface area (TPSA) is 197 Å². The van der Waals surface area contributed by atoms with Crippen molar-refractivity contribution in [3.8, 4) is 17.2 Å². The maximum absolute atomic E-state index is 11.8. The number of aliphatic hydroxyl groups is 2. The third-order valence-electron chi connectivity index (χ3n) is 7.79. The van der Waals surface area contributed by atoms with Gasteiger partial charge >= 0.3 is 23.9 Å². The van der Waals surface area contributed by atoms with Crippen LogP contribution in [0.25, 0.3) is 24.3 Å². The van der Waals surface area contributed by atoms with Gasteiger partial charge in [0.25, 0.3) is 0 Å². The van der Waals surface area contributed by atoms with Crippen molar-refractivity contribution in [1.29, 1.82) is 0 Å². The monoisotopic (exact) mass is 824 g/mol. The van der Waals surface area contributed by atoms with E-state index in [1.165, 1.54) is 44.6 Å². The van der Waals surface area contributed by atoms with Gasteiger partial charge < -0.3 is 48.5 Å². The van der Waals surface area contributed by atoms with Crippen LogP contribution in [0.2, 0.25) is 0 Å². The number of methoxy groups -OCH3 is 3. The maximum atomic E-state index is 11.8. The number of carbonyl (C=O) groups excluding carboxylic acids is 3. The summed E-state index contributed by atoms with van der Waals surface area (Å²) in [4.78, 5) is 44.9. The first-order chi connectivity index (χ1) is 29.0. The van der Waals surface area contributed by atoms with E-state index in [4.69, 9.17) is 38.3 Å². The summed E-state index contributed by atoms with van der Waals surface area (Å²) in [5.74, 6) is -0.875. The van der Waals surface area contributed by atoms with Gasteiger partial charge in [-0.25, -0.2) is 19.2 Å². The Morgan fingerprint density at radius 3 is 1.53 bits per heavy atom. The molecule has 4 aromatic rings. The van der Waals surface area contributed by atoms with Crippen LogP contribution in [-0.4, -0.2) is 99.2 Å². The molecule has 0 saturated carbocycles. The maximum Gasteiger partial charge on any atom is 0.330 e. The van der Waals surface area contributed by atoms with Crippen LogP contribution < -0.4 is 14.2 Å². The highest BCUT2D eigenvalue weighted by molar-refractivity contribution is 5.88. The van der Waals surface area contributed by atoms with Gasteiger partial charge in [0.1, 0.15) is 37.8 Å². The highest BCUT2D eigenvalue weighted by Gasteiger charge is 2.23. The first kappa shape index (κ1) is 47.4. The smallest absolute Gasteiger partial charge is 0.330 e. The lowest BCUT2D eigenvalue weighted by Crippen LogP contribution is -2.24. The number of carbonyl (C=O) groups is 4. The highest BCUT2D eigenvalue weighted by atomic mass is 16.6. The molecule has 14 nitrogen and oxygen atoms in total. The number of epoxide rings is 1. The lowest BCUT2D eigenvalue weighted by atomic mass is 10.1. The van der Waals surface area contributed by atoms with E-state index in [2.05, 4.69) is 0 Å². The summed E-state index contributed by atoms with van der Waals surface area (Å²) < 4.78 is 35.0. The fourth-order valence-corrected chi connectivity index (χ4v) is 4.63. The van der Waals surface area contributed by atoms with E-state index in [1.54, 1.807) is 55.7 Å². The van der Waals surface area contributed by atoms with Gasteiger partial charge in [-0.3, -0.25) is 0 Å². The van der Waals surface area contributed by atoms with Gasteiger partial charge in [0.05, 0.1) is 34.5 Å². The molecule has 2 unspecified atom stereocenters. The van der Waals surface area contributed by atoms with Crippen molar-refractivity contribution < 1.29 is 67.7 Å². The van der Waals surface area contributed by atoms with Crippen molar-refractivity contribution in [2.45, 2.75) is 18.8 Å². The summed E-state index contributed by atoms with van der Waals surface area (Å²) in [6.45, 7) is 0.299. The molecule has 0 amide bonds. The Morgan fingerprint density at radius 1 is 0.617 bits per heavy atom. The molecule has 316 valence electrons. The zero-order valence-corrected chi connectivity index (χ0v) is 33.4. The molecule has 0 aromatic heterocycles. The van der Waals surface area contributed by atoms with Crippen LogP contribution in [0.1, 0.15) is 27.8 Å². The molecule has 4 aromatic carbocycles. The predicted octanol–water partition coefficient (Wildman–Crippen LogP) is 5.80. The Morgan fingerprint density at radius 2 is 1.07 bits per heavy atom. The molecule has 14 heteroatoms. The minimum atomic E-state index is -1.14. The molecule has 1 fully saturated rings. The van der Waals surface area contributed by atoms with Gasteiger partial charge in [-0.15, -0.1) is 0 Å². The minimum Gasteiger partial charge on any atom is -0.496 e. The highest BCUT2D eigenvalue weighted by Crippen LogP contribution is 2.28. The van der Waals surface area contributed by atoms with E-state index in [1.807, 2.05) is 60.7 Å². The first-order valence-electron chi connectivity index (χ1n) is 18.4. The van der Waals surface area contributed by atoms with Crippen LogP contribution in [0.3, 0.4) is 0 Å². The second-order valence-electron chi connectivity index (χ2n) is 12.3. The molecule has 5 rings (SSSR count). The predicted molar refractivity (Wildman–Crippen MR) is 224 cm³/mol. The molecule has 3 N–H and O–H groups in total. The van der Waals surface area contributed by atoms with E-state index in [0.717, 1.165) is 22.8 Å². The summed E-state index contributed by atoms with van der Waals surface area (Å²) in [5.41, 5.74) is 3.89. The quantitative estimate of drug-likeness (QED) is 0.0471. The van der Waals surface area contributed by atoms with Crippen molar-refractivity contribution in [1.82, 2.24) is 0 Å². The van der Waals surface area contributed by atoms with Crippen molar-refractivity contribution in [3.63, 3.8) is 0 Å². The molecular formula is C46H48O14. The molecule has 60 heavy (non-hydrogen) atoms. The third-order valence-corrected chi connectivity index (χ3v) is 7.79. The largest absolute Gasteiger partial charge is 0.496 e. The average molecular weight is 825 g/mol. The van der Waals surface area contributed by atoms with E-state index < -0.39 is 24.0 Å². The lowest BCUT2D eigenvalue weighted by molar-refractivity contribution is -0.146. The fourth-order valence-electron chi connectivity index (χ4n) is 4.63. The SMILES string of the molecule is COc1cc(/C=C/C(=O)OCC(O)COC(=O)/C=C/c2ccccc2)ccc1CO.COc1ccc(/C=C/C(=O)O)cc1OC.O=C(/C=C/c1ccccc1)OCC1CO1. The fraction of sp³-hybridized carbons (Fsp3) is 0.217. The van der Waals surface area contributed by atoms with Gasteiger partial charge in [0, 0.05) is 29.9 Å². The minimum absolute atomic E-state index is 0.124. The Kier molecular flexibility index (Phi) is 21.2. The normalized spacial score (nSPS) is 13.4. The second-order valence-corrected chi connectivity index (χ2v) is 12.3. The van der Waals surface area contributed by atoms with Gasteiger partial charge in [0.2, 0.25) is 0 Å². The molecule has 1 aliphatic rings. The molecule has 0 radical (unpaired) electrons. The molecule has 0 aliphatic carbocycles. The molecule has 1 heterocycles. The average Bonchev–Trinajstić information content (AvgIpc) is 4.12. The second kappa shape index (κ2) is 26.8. The van der Waals surface area contributed by atoms with Crippen LogP contribution in [-0.2, 0) is 44.7 Å². The van der Waals surface area contributed by atoms with Gasteiger partial charge in [-0.2, -0.15) is 0 Å². The van der Waals surface area contributed by atoms with Crippen LogP contribution in [0.4, 0.5) is 0 Å². The number of benzene rings is 4. The summed E-state index contributed by atoms with van der Waals surface area (Å²) in [6, 6.07) is 29.1. The number of esters is 3. The number of hydrogen-bond donors (Lipinski definition) is 3. The zero-order valence-electron chi connectivity index (χ0n) is 33.4. The first-order valence-corrected chi connectivity index (χ1v) is 18.4. The number of rotatable bonds is 18. The standard InChI is InChI=1S/C23H24O7.C12H12O3.C11H12O4/c1-28-21-13-18(7-10-19(21)14-24)9-12-23(27)30-16-20(25)15-29-22(26)11-8-17-5-3-2-4-6-17;13-12(15-9-11-8-14-11)7-6-10-4-2-1-3-5-10;1-14-9-5-3-8(4-6-11(12)13)7-10(9)15-2/h2-13,20,24-25H,14-16H2,1H3;1-7,11H,8-9H2;3-7H,1-2H3,(H,12,13)/b11-8+,12-9+;7-6+;6-4+. The Balaban J connectivity index is 0.000000267. The Hall–Kier alpha value is -7.00. The number of carboxylic acids is 1. The van der Waals surface area contributed by atoms with Crippen LogP contribution >= 0.6 is 0 Å². The van der Waals surface area contributed by atoms with E-state index in [-0.39, 0.29) is 31.9 Å². The lowest BCUT2D eigenvalue weighted by Gasteiger charge is -2.10. The molecular weight excluding hydrogens is 776 g/mol. The number of carboxylic acid groups (broad SMARTS) is 1. The van der Waals surface area contributed by atoms with Crippen LogP contribution in [0, 0.1) is 0 Å². The summed E-state index contributed by atoms with van der Waals surface area (Å²) >= 11 is 0. The summed E-state index contributed by atoms with van der Waals surface area (Å²) in [6.07, 6.45) is 10.3. The van der Waals surface area contributed by atoms with Crippen molar-refractivity contribution in [2.75, 3.05) is 47.8 Å². The summed E-state index contributed by atoms with van der Waals surface area (Å²) in [5, 5.41) is 27.5. The van der Waals surface area contributed by atoms with Crippen LogP contribution in [0.15, 0.2) is 121 Å². The molecule has 2 atom stereocenters. The van der Waals surface area contributed by atoms with Crippen molar-refractivity contribution in [3.05, 3.63) is 149 Å². The van der Waals surface area contributed by atoms with Gasteiger partial charge in [0.15, 0.2) is 11.5 Å². The van der Waals surface area contributed by atoms with Crippen LogP contribution in [0.5, 0.6) is 17.2 Å². The van der Waals surface area contributed by atoms with Gasteiger partial charge in [-0.05, 0) is 64.8 Å².